The summed E-state index contributed by atoms with van der Waals surface area (Å²) in [4.78, 5) is 12.2. The van der Waals surface area contributed by atoms with E-state index in [0.717, 1.165) is 39.8 Å². The van der Waals surface area contributed by atoms with Gasteiger partial charge < -0.3 is 9.05 Å². The fourth-order valence-corrected chi connectivity index (χ4v) is 5.20. The Bertz CT molecular complexity index is 1000. The molecule has 0 aromatic heterocycles. The lowest BCUT2D eigenvalue weighted by molar-refractivity contribution is 0.451. The number of carbonyl (C=O) groups is 1. The molecule has 1 aliphatic rings. The second-order valence-electron chi connectivity index (χ2n) is 13.8. The van der Waals surface area contributed by atoms with Crippen molar-refractivity contribution in [2.75, 3.05) is 0 Å². The van der Waals surface area contributed by atoms with Crippen LogP contribution in [0.4, 0.5) is 0 Å². The standard InChI is InChI=1S/C30H43O3P/c1-27(2,3)21-14-19-13-20-15-22(28(4,5)6)17-24(30(10,11)12)26(20)33-34(18-31)32-25(19)23(16-21)29(7,8)9/h14-18H,13H2,1-12H3. The Morgan fingerprint density at radius 1 is 0.618 bits per heavy atom. The number of rotatable bonds is 1. The van der Waals surface area contributed by atoms with Crippen LogP contribution in [0.25, 0.3) is 0 Å². The Kier molecular flexibility index (Phi) is 6.81. The maximum atomic E-state index is 12.2. The van der Waals surface area contributed by atoms with Crippen molar-refractivity contribution in [1.29, 1.82) is 0 Å². The number of benzene rings is 2. The molecule has 0 fully saturated rings. The summed E-state index contributed by atoms with van der Waals surface area (Å²) in [6, 6.07) is 9.90. The lowest BCUT2D eigenvalue weighted by Gasteiger charge is -2.34. The molecule has 3 nitrogen and oxygen atoms in total. The molecular weight excluding hydrogens is 439 g/mol. The normalized spacial score (nSPS) is 15.4. The first-order chi connectivity index (χ1) is 15.3. The van der Waals surface area contributed by atoms with Gasteiger partial charge in [-0.25, -0.2) is 0 Å². The zero-order chi connectivity index (χ0) is 25.9. The monoisotopic (exact) mass is 482 g/mol. The topological polar surface area (TPSA) is 35.5 Å². The molecule has 34 heavy (non-hydrogen) atoms. The van der Waals surface area contributed by atoms with Crippen molar-refractivity contribution in [3.63, 3.8) is 0 Å². The number of hydrogen-bond acceptors (Lipinski definition) is 3. The SMILES string of the molecule is CC(C)(C)c1cc2c(c(C(C)(C)C)c1)OP(C=O)Oc1c(cc(C(C)(C)C)cc1C(C)(C)C)C2. The number of hydrogen-bond donors (Lipinski definition) is 0. The van der Waals surface area contributed by atoms with E-state index in [1.807, 2.05) is 0 Å². The van der Waals surface area contributed by atoms with E-state index in [9.17, 15) is 4.79 Å². The van der Waals surface area contributed by atoms with Crippen LogP contribution in [-0.2, 0) is 32.9 Å². The van der Waals surface area contributed by atoms with E-state index >= 15 is 0 Å². The zero-order valence-electron chi connectivity index (χ0n) is 23.3. The van der Waals surface area contributed by atoms with Crippen LogP contribution < -0.4 is 9.05 Å². The van der Waals surface area contributed by atoms with E-state index in [4.69, 9.17) is 9.05 Å². The summed E-state index contributed by atoms with van der Waals surface area (Å²) < 4.78 is 12.8. The van der Waals surface area contributed by atoms with Gasteiger partial charge in [-0.15, -0.1) is 0 Å². The van der Waals surface area contributed by atoms with Crippen LogP contribution in [-0.4, -0.2) is 6.03 Å². The molecular formula is C30H43O3P. The van der Waals surface area contributed by atoms with Crippen molar-refractivity contribution in [3.8, 4) is 11.5 Å². The lowest BCUT2D eigenvalue weighted by atomic mass is 9.76. The highest BCUT2D eigenvalue weighted by atomic mass is 31.2. The minimum Gasteiger partial charge on any atom is -0.433 e. The minimum atomic E-state index is -1.77. The third-order valence-electron chi connectivity index (χ3n) is 6.51. The third kappa shape index (κ3) is 5.51. The summed E-state index contributed by atoms with van der Waals surface area (Å²) in [5.74, 6) is 1.62. The van der Waals surface area contributed by atoms with E-state index in [1.54, 1.807) is 0 Å². The van der Waals surface area contributed by atoms with Gasteiger partial charge in [0.15, 0.2) is 0 Å². The second kappa shape index (κ2) is 8.66. The molecule has 0 spiro atoms. The van der Waals surface area contributed by atoms with Gasteiger partial charge in [-0.05, 0) is 43.9 Å². The van der Waals surface area contributed by atoms with E-state index in [2.05, 4.69) is 107 Å². The summed E-state index contributed by atoms with van der Waals surface area (Å²) in [5, 5.41) is 0. The average molecular weight is 483 g/mol. The molecule has 0 atom stereocenters. The highest BCUT2D eigenvalue weighted by Gasteiger charge is 2.34. The molecule has 0 bridgehead atoms. The molecule has 0 saturated carbocycles. The number of carbonyl (C=O) groups excluding carboxylic acids is 1. The summed E-state index contributed by atoms with van der Waals surface area (Å²) >= 11 is 0. The maximum absolute atomic E-state index is 12.2. The van der Waals surface area contributed by atoms with Crippen LogP contribution in [0.5, 0.6) is 11.5 Å². The molecule has 4 heteroatoms. The molecule has 1 aliphatic heterocycles. The van der Waals surface area contributed by atoms with Gasteiger partial charge in [0, 0.05) is 17.5 Å². The van der Waals surface area contributed by atoms with Crippen LogP contribution in [0.15, 0.2) is 24.3 Å². The van der Waals surface area contributed by atoms with Crippen molar-refractivity contribution in [2.24, 2.45) is 0 Å². The van der Waals surface area contributed by atoms with Gasteiger partial charge in [0.1, 0.15) is 11.5 Å². The van der Waals surface area contributed by atoms with Gasteiger partial charge in [-0.1, -0.05) is 107 Å². The van der Waals surface area contributed by atoms with Crippen LogP contribution in [0.2, 0.25) is 0 Å². The molecule has 1 heterocycles. The van der Waals surface area contributed by atoms with Crippen molar-refractivity contribution in [1.82, 2.24) is 0 Å². The Morgan fingerprint density at radius 2 is 0.971 bits per heavy atom. The van der Waals surface area contributed by atoms with Crippen LogP contribution in [0.3, 0.4) is 0 Å². The zero-order valence-corrected chi connectivity index (χ0v) is 24.2. The van der Waals surface area contributed by atoms with Crippen molar-refractivity contribution >= 4 is 14.4 Å². The van der Waals surface area contributed by atoms with Crippen molar-refractivity contribution in [3.05, 3.63) is 57.6 Å². The fourth-order valence-electron chi connectivity index (χ4n) is 4.28. The van der Waals surface area contributed by atoms with Gasteiger partial charge in [-0.2, -0.15) is 0 Å². The van der Waals surface area contributed by atoms with Gasteiger partial charge in [-0.3, -0.25) is 4.79 Å². The average Bonchev–Trinajstić information content (AvgIpc) is 2.63. The predicted octanol–water partition coefficient (Wildman–Crippen LogP) is 8.74. The summed E-state index contributed by atoms with van der Waals surface area (Å²) in [6.45, 7) is 26.7. The largest absolute Gasteiger partial charge is 0.433 e. The van der Waals surface area contributed by atoms with E-state index in [-0.39, 0.29) is 21.7 Å². The van der Waals surface area contributed by atoms with Gasteiger partial charge in [0.2, 0.25) is 6.03 Å². The Labute approximate surface area is 208 Å². The highest BCUT2D eigenvalue weighted by molar-refractivity contribution is 7.64. The van der Waals surface area contributed by atoms with Gasteiger partial charge in [0.25, 0.3) is 0 Å². The molecule has 2 aromatic carbocycles. The molecule has 0 unspecified atom stereocenters. The first-order valence-electron chi connectivity index (χ1n) is 12.3. The molecule has 0 N–H and O–H groups in total. The molecule has 0 radical (unpaired) electrons. The predicted molar refractivity (Wildman–Crippen MR) is 145 cm³/mol. The molecule has 3 rings (SSSR count). The Balaban J connectivity index is 2.40. The van der Waals surface area contributed by atoms with E-state index in [0.29, 0.717) is 6.42 Å². The first kappa shape index (κ1) is 26.7. The van der Waals surface area contributed by atoms with Crippen LogP contribution in [0, 0.1) is 0 Å². The summed E-state index contributed by atoms with van der Waals surface area (Å²) in [5.41, 5.74) is 6.78. The van der Waals surface area contributed by atoms with Crippen LogP contribution in [0.1, 0.15) is 116 Å². The molecule has 186 valence electrons. The summed E-state index contributed by atoms with van der Waals surface area (Å²) in [6.07, 6.45) is 0.701. The molecule has 0 aliphatic carbocycles. The van der Waals surface area contributed by atoms with Gasteiger partial charge >= 0.3 is 8.38 Å². The Morgan fingerprint density at radius 3 is 1.24 bits per heavy atom. The lowest BCUT2D eigenvalue weighted by Crippen LogP contribution is -2.22. The third-order valence-corrected chi connectivity index (χ3v) is 7.41. The Hall–Kier alpha value is -1.86. The van der Waals surface area contributed by atoms with Crippen LogP contribution >= 0.6 is 8.38 Å². The maximum Gasteiger partial charge on any atom is 0.361 e. The highest BCUT2D eigenvalue weighted by Crippen LogP contribution is 2.51. The summed E-state index contributed by atoms with van der Waals surface area (Å²) in [7, 11) is -1.77. The van der Waals surface area contributed by atoms with Gasteiger partial charge in [0.05, 0.1) is 0 Å². The van der Waals surface area contributed by atoms with E-state index in [1.165, 1.54) is 11.1 Å². The minimum absolute atomic E-state index is 0.00402. The first-order valence-corrected chi connectivity index (χ1v) is 13.5. The second-order valence-corrected chi connectivity index (χ2v) is 14.9. The molecule has 0 saturated heterocycles. The smallest absolute Gasteiger partial charge is 0.361 e. The fraction of sp³-hybridized carbons (Fsp3) is 0.567. The van der Waals surface area contributed by atoms with Crippen molar-refractivity contribution < 1.29 is 13.8 Å². The quantitative estimate of drug-likeness (QED) is 0.301. The van der Waals surface area contributed by atoms with E-state index < -0.39 is 8.38 Å². The molecule has 2 aromatic rings. The van der Waals surface area contributed by atoms with Crippen molar-refractivity contribution in [2.45, 2.75) is 111 Å². The molecule has 0 amide bonds. The number of fused-ring (bicyclic) bond motifs is 2.